The Morgan fingerprint density at radius 2 is 1.70 bits per heavy atom. The van der Waals surface area contributed by atoms with E-state index in [-0.39, 0.29) is 36.0 Å². The van der Waals surface area contributed by atoms with Crippen LogP contribution in [0.15, 0.2) is 60.7 Å². The summed E-state index contributed by atoms with van der Waals surface area (Å²) in [7, 11) is 0. The van der Waals surface area contributed by atoms with Crippen molar-refractivity contribution >= 4 is 23.7 Å². The molecule has 1 aliphatic rings. The first-order valence-electron chi connectivity index (χ1n) is 10.2. The van der Waals surface area contributed by atoms with E-state index in [2.05, 4.69) is 15.5 Å². The second-order valence-electron chi connectivity index (χ2n) is 7.31. The molecule has 0 unspecified atom stereocenters. The van der Waals surface area contributed by atoms with Gasteiger partial charge in [-0.15, -0.1) is 10.2 Å². The molecule has 0 bridgehead atoms. The standard InChI is InChI=1S/C23H19F2N5O3/c24-16-8-6-15(7-9-16)14-26-21(31)19-10-11-20(28-27-19)29-12-3-13-30(23(29)33)22(32)17-4-1-2-5-18(17)25/h1-2,4-11H,3,12-14H2,(H,26,31). The first-order valence-corrected chi connectivity index (χ1v) is 10.2. The summed E-state index contributed by atoms with van der Waals surface area (Å²) in [6.45, 7) is 0.630. The molecule has 33 heavy (non-hydrogen) atoms. The molecule has 2 heterocycles. The van der Waals surface area contributed by atoms with Crippen molar-refractivity contribution < 1.29 is 23.2 Å². The number of hydrogen-bond donors (Lipinski definition) is 1. The Bertz CT molecular complexity index is 1190. The number of hydrogen-bond acceptors (Lipinski definition) is 5. The normalized spacial score (nSPS) is 13.7. The third-order valence-corrected chi connectivity index (χ3v) is 5.10. The highest BCUT2D eigenvalue weighted by molar-refractivity contribution is 6.09. The molecule has 1 aliphatic heterocycles. The molecule has 10 heteroatoms. The number of carbonyl (C=O) groups is 3. The maximum atomic E-state index is 14.0. The molecule has 1 saturated heterocycles. The van der Waals surface area contributed by atoms with Gasteiger partial charge in [-0.3, -0.25) is 19.4 Å². The summed E-state index contributed by atoms with van der Waals surface area (Å²) in [5.74, 6) is -2.12. The Morgan fingerprint density at radius 1 is 0.939 bits per heavy atom. The van der Waals surface area contributed by atoms with Gasteiger partial charge in [0.25, 0.3) is 11.8 Å². The third kappa shape index (κ3) is 4.84. The van der Waals surface area contributed by atoms with E-state index in [1.54, 1.807) is 12.1 Å². The smallest absolute Gasteiger partial charge is 0.332 e. The fraction of sp³-hybridized carbons (Fsp3) is 0.174. The zero-order valence-corrected chi connectivity index (χ0v) is 17.4. The minimum Gasteiger partial charge on any atom is -0.347 e. The predicted octanol–water partition coefficient (Wildman–Crippen LogP) is 3.16. The largest absolute Gasteiger partial charge is 0.347 e. The number of anilines is 1. The van der Waals surface area contributed by atoms with Gasteiger partial charge < -0.3 is 5.32 Å². The van der Waals surface area contributed by atoms with Gasteiger partial charge in [-0.25, -0.2) is 13.6 Å². The molecule has 4 rings (SSSR count). The van der Waals surface area contributed by atoms with Gasteiger partial charge in [0.1, 0.15) is 11.6 Å². The van der Waals surface area contributed by atoms with Gasteiger partial charge in [0.2, 0.25) is 0 Å². The van der Waals surface area contributed by atoms with Gasteiger partial charge in [0, 0.05) is 19.6 Å². The molecule has 8 nitrogen and oxygen atoms in total. The summed E-state index contributed by atoms with van der Waals surface area (Å²) in [6.07, 6.45) is 0.466. The number of carbonyl (C=O) groups excluding carboxylic acids is 3. The van der Waals surface area contributed by atoms with Gasteiger partial charge in [0.05, 0.1) is 5.56 Å². The molecule has 1 fully saturated rings. The Balaban J connectivity index is 1.43. The number of benzene rings is 2. The molecule has 3 aromatic rings. The quantitative estimate of drug-likeness (QED) is 0.643. The van der Waals surface area contributed by atoms with Crippen LogP contribution in [0.5, 0.6) is 0 Å². The number of amides is 4. The number of nitrogens with zero attached hydrogens (tertiary/aromatic N) is 4. The topological polar surface area (TPSA) is 95.5 Å². The van der Waals surface area contributed by atoms with E-state index in [1.807, 2.05) is 0 Å². The lowest BCUT2D eigenvalue weighted by Crippen LogP contribution is -2.52. The van der Waals surface area contributed by atoms with Crippen LogP contribution in [0.3, 0.4) is 0 Å². The summed E-state index contributed by atoms with van der Waals surface area (Å²) in [5, 5.41) is 10.5. The third-order valence-electron chi connectivity index (χ3n) is 5.10. The molecule has 0 spiro atoms. The van der Waals surface area contributed by atoms with Crippen molar-refractivity contribution in [3.63, 3.8) is 0 Å². The second-order valence-corrected chi connectivity index (χ2v) is 7.31. The molecular formula is C23H19F2N5O3. The van der Waals surface area contributed by atoms with Crippen LogP contribution in [0.4, 0.5) is 19.4 Å². The van der Waals surface area contributed by atoms with E-state index >= 15 is 0 Å². The maximum Gasteiger partial charge on any atom is 0.332 e. The Morgan fingerprint density at radius 3 is 2.39 bits per heavy atom. The van der Waals surface area contributed by atoms with Crippen LogP contribution < -0.4 is 10.2 Å². The summed E-state index contributed by atoms with van der Waals surface area (Å²) >= 11 is 0. The molecule has 0 atom stereocenters. The number of imide groups is 1. The van der Waals surface area contributed by atoms with E-state index < -0.39 is 23.7 Å². The van der Waals surface area contributed by atoms with Crippen molar-refractivity contribution in [3.8, 4) is 0 Å². The summed E-state index contributed by atoms with van der Waals surface area (Å²) in [5.41, 5.74) is 0.560. The molecule has 0 radical (unpaired) electrons. The average Bonchev–Trinajstić information content (AvgIpc) is 2.84. The van der Waals surface area contributed by atoms with E-state index in [0.717, 1.165) is 11.0 Å². The number of urea groups is 1. The van der Waals surface area contributed by atoms with Crippen molar-refractivity contribution in [2.45, 2.75) is 13.0 Å². The molecule has 0 aliphatic carbocycles. The van der Waals surface area contributed by atoms with Gasteiger partial charge in [-0.2, -0.15) is 0 Å². The van der Waals surface area contributed by atoms with Crippen LogP contribution in [-0.4, -0.2) is 46.0 Å². The highest BCUT2D eigenvalue weighted by atomic mass is 19.1. The lowest BCUT2D eigenvalue weighted by atomic mass is 10.1. The predicted molar refractivity (Wildman–Crippen MR) is 114 cm³/mol. The molecule has 2 aromatic carbocycles. The highest BCUT2D eigenvalue weighted by Gasteiger charge is 2.33. The van der Waals surface area contributed by atoms with E-state index in [1.165, 1.54) is 47.4 Å². The monoisotopic (exact) mass is 451 g/mol. The van der Waals surface area contributed by atoms with Gasteiger partial charge in [-0.05, 0) is 48.4 Å². The van der Waals surface area contributed by atoms with E-state index in [4.69, 9.17) is 0 Å². The first-order chi connectivity index (χ1) is 15.9. The van der Waals surface area contributed by atoms with Crippen LogP contribution in [0.2, 0.25) is 0 Å². The van der Waals surface area contributed by atoms with Crippen molar-refractivity contribution in [1.29, 1.82) is 0 Å². The fourth-order valence-corrected chi connectivity index (χ4v) is 3.37. The molecular weight excluding hydrogens is 432 g/mol. The average molecular weight is 451 g/mol. The Hall–Kier alpha value is -4.21. The van der Waals surface area contributed by atoms with Crippen LogP contribution in [-0.2, 0) is 6.54 Å². The molecule has 1 aromatic heterocycles. The highest BCUT2D eigenvalue weighted by Crippen LogP contribution is 2.20. The van der Waals surface area contributed by atoms with Crippen molar-refractivity contribution in [1.82, 2.24) is 20.4 Å². The molecule has 4 amide bonds. The van der Waals surface area contributed by atoms with Crippen LogP contribution in [0.1, 0.15) is 32.8 Å². The summed E-state index contributed by atoms with van der Waals surface area (Å²) in [6, 6.07) is 13.4. The minimum atomic E-state index is -0.729. The van der Waals surface area contributed by atoms with Crippen molar-refractivity contribution in [2.75, 3.05) is 18.0 Å². The SMILES string of the molecule is O=C(NCc1ccc(F)cc1)c1ccc(N2CCCN(C(=O)c3ccccc3F)C2=O)nn1. The van der Waals surface area contributed by atoms with E-state index in [9.17, 15) is 23.2 Å². The zero-order valence-electron chi connectivity index (χ0n) is 17.4. The van der Waals surface area contributed by atoms with Crippen molar-refractivity contribution in [3.05, 3.63) is 89.1 Å². The zero-order chi connectivity index (χ0) is 23.4. The van der Waals surface area contributed by atoms with Gasteiger partial charge in [0.15, 0.2) is 11.5 Å². The fourth-order valence-electron chi connectivity index (χ4n) is 3.37. The van der Waals surface area contributed by atoms with E-state index in [0.29, 0.717) is 18.5 Å². The van der Waals surface area contributed by atoms with Gasteiger partial charge >= 0.3 is 6.03 Å². The van der Waals surface area contributed by atoms with Crippen LogP contribution in [0.25, 0.3) is 0 Å². The van der Waals surface area contributed by atoms with Crippen LogP contribution in [0, 0.1) is 11.6 Å². The Kier molecular flexibility index (Phi) is 6.34. The second kappa shape index (κ2) is 9.51. The summed E-state index contributed by atoms with van der Waals surface area (Å²) < 4.78 is 27.0. The number of aromatic nitrogens is 2. The minimum absolute atomic E-state index is 0.0320. The van der Waals surface area contributed by atoms with Gasteiger partial charge in [-0.1, -0.05) is 24.3 Å². The lowest BCUT2D eigenvalue weighted by Gasteiger charge is -2.33. The molecule has 1 N–H and O–H groups in total. The number of halogens is 2. The summed E-state index contributed by atoms with van der Waals surface area (Å²) in [4.78, 5) is 40.1. The Labute approximate surface area is 187 Å². The number of rotatable bonds is 5. The molecule has 0 saturated carbocycles. The number of nitrogens with one attached hydrogen (secondary N) is 1. The maximum absolute atomic E-state index is 14.0. The molecule has 168 valence electrons. The van der Waals surface area contributed by atoms with Crippen molar-refractivity contribution in [2.24, 2.45) is 0 Å². The van der Waals surface area contributed by atoms with Crippen LogP contribution >= 0.6 is 0 Å². The lowest BCUT2D eigenvalue weighted by molar-refractivity contribution is 0.0788. The first kappa shape index (κ1) is 22.0.